The lowest BCUT2D eigenvalue weighted by Crippen LogP contribution is -2.33. The van der Waals surface area contributed by atoms with Gasteiger partial charge in [-0.1, -0.05) is 0 Å². The summed E-state index contributed by atoms with van der Waals surface area (Å²) in [5, 5.41) is 8.76. The molecule has 0 aromatic carbocycles. The van der Waals surface area contributed by atoms with Crippen LogP contribution in [0.5, 0.6) is 0 Å². The van der Waals surface area contributed by atoms with Gasteiger partial charge in [0.05, 0.1) is 12.7 Å². The molecule has 0 saturated carbocycles. The molecule has 3 unspecified atom stereocenters. The van der Waals surface area contributed by atoms with Gasteiger partial charge in [0.1, 0.15) is 6.10 Å². The van der Waals surface area contributed by atoms with Gasteiger partial charge in [-0.15, -0.1) is 0 Å². The Morgan fingerprint density at radius 2 is 2.14 bits per heavy atom. The second-order valence-electron chi connectivity index (χ2n) is 3.88. The molecule has 4 heteroatoms. The molecule has 2 heterocycles. The Morgan fingerprint density at radius 3 is 2.86 bits per heavy atom. The zero-order valence-electron chi connectivity index (χ0n) is 8.35. The standard InChI is InChI=1S/C10H18O4/c11-5-4-8-7-13-10(14-8)9-3-1-2-6-12-9/h8-11H,1-7H2. The lowest BCUT2D eigenvalue weighted by molar-refractivity contribution is -0.164. The molecule has 0 amide bonds. The van der Waals surface area contributed by atoms with Crippen LogP contribution < -0.4 is 0 Å². The minimum atomic E-state index is -0.202. The zero-order chi connectivity index (χ0) is 9.80. The molecular weight excluding hydrogens is 184 g/mol. The summed E-state index contributed by atoms with van der Waals surface area (Å²) < 4.78 is 16.7. The first kappa shape index (κ1) is 10.4. The molecular formula is C10H18O4. The van der Waals surface area contributed by atoms with Gasteiger partial charge in [-0.25, -0.2) is 0 Å². The van der Waals surface area contributed by atoms with Crippen molar-refractivity contribution in [2.75, 3.05) is 19.8 Å². The molecule has 82 valence electrons. The summed E-state index contributed by atoms with van der Waals surface area (Å²) >= 11 is 0. The van der Waals surface area contributed by atoms with E-state index in [9.17, 15) is 0 Å². The van der Waals surface area contributed by atoms with Crippen LogP contribution in [0.4, 0.5) is 0 Å². The molecule has 0 aliphatic carbocycles. The normalized spacial score (nSPS) is 38.8. The predicted molar refractivity (Wildman–Crippen MR) is 49.9 cm³/mol. The highest BCUT2D eigenvalue weighted by molar-refractivity contribution is 4.74. The molecule has 2 aliphatic rings. The highest BCUT2D eigenvalue weighted by Crippen LogP contribution is 2.24. The van der Waals surface area contributed by atoms with E-state index in [0.29, 0.717) is 13.0 Å². The van der Waals surface area contributed by atoms with Crippen molar-refractivity contribution in [3.05, 3.63) is 0 Å². The molecule has 0 spiro atoms. The van der Waals surface area contributed by atoms with E-state index in [-0.39, 0.29) is 25.1 Å². The summed E-state index contributed by atoms with van der Waals surface area (Å²) in [5.41, 5.74) is 0. The van der Waals surface area contributed by atoms with E-state index in [1.807, 2.05) is 0 Å². The molecule has 2 rings (SSSR count). The summed E-state index contributed by atoms with van der Waals surface area (Å²) in [6, 6.07) is 0. The molecule has 0 aromatic rings. The Labute approximate surface area is 84.1 Å². The number of hydrogen-bond donors (Lipinski definition) is 1. The Morgan fingerprint density at radius 1 is 1.21 bits per heavy atom. The highest BCUT2D eigenvalue weighted by Gasteiger charge is 2.33. The average Bonchev–Trinajstić information content (AvgIpc) is 2.68. The second kappa shape index (κ2) is 5.07. The number of rotatable bonds is 3. The van der Waals surface area contributed by atoms with Crippen molar-refractivity contribution in [2.45, 2.75) is 44.2 Å². The van der Waals surface area contributed by atoms with Gasteiger partial charge in [-0.05, 0) is 25.7 Å². The van der Waals surface area contributed by atoms with E-state index >= 15 is 0 Å². The fourth-order valence-corrected chi connectivity index (χ4v) is 1.94. The van der Waals surface area contributed by atoms with Crippen molar-refractivity contribution >= 4 is 0 Å². The number of aliphatic hydroxyl groups excluding tert-OH is 1. The van der Waals surface area contributed by atoms with Crippen LogP contribution in [0.3, 0.4) is 0 Å². The number of hydrogen-bond acceptors (Lipinski definition) is 4. The van der Waals surface area contributed by atoms with Crippen LogP contribution in [-0.2, 0) is 14.2 Å². The Balaban J connectivity index is 1.76. The van der Waals surface area contributed by atoms with Crippen LogP contribution >= 0.6 is 0 Å². The molecule has 2 aliphatic heterocycles. The van der Waals surface area contributed by atoms with Gasteiger partial charge in [-0.3, -0.25) is 0 Å². The van der Waals surface area contributed by atoms with Gasteiger partial charge in [0.2, 0.25) is 0 Å². The van der Waals surface area contributed by atoms with Crippen molar-refractivity contribution in [1.29, 1.82) is 0 Å². The number of ether oxygens (including phenoxy) is 3. The van der Waals surface area contributed by atoms with E-state index in [0.717, 1.165) is 19.4 Å². The SMILES string of the molecule is OCCC1COC(C2CCCCO2)O1. The van der Waals surface area contributed by atoms with Crippen molar-refractivity contribution in [1.82, 2.24) is 0 Å². The quantitative estimate of drug-likeness (QED) is 0.731. The van der Waals surface area contributed by atoms with Crippen LogP contribution in [0.2, 0.25) is 0 Å². The van der Waals surface area contributed by atoms with E-state index in [4.69, 9.17) is 19.3 Å². The molecule has 2 saturated heterocycles. The van der Waals surface area contributed by atoms with Gasteiger partial charge in [0.25, 0.3) is 0 Å². The zero-order valence-corrected chi connectivity index (χ0v) is 8.35. The largest absolute Gasteiger partial charge is 0.396 e. The molecule has 4 nitrogen and oxygen atoms in total. The molecule has 0 radical (unpaired) electrons. The topological polar surface area (TPSA) is 47.9 Å². The summed E-state index contributed by atoms with van der Waals surface area (Å²) in [6.45, 7) is 1.57. The first-order valence-electron chi connectivity index (χ1n) is 5.39. The summed E-state index contributed by atoms with van der Waals surface area (Å²) in [7, 11) is 0. The Kier molecular flexibility index (Phi) is 3.75. The van der Waals surface area contributed by atoms with Gasteiger partial charge < -0.3 is 19.3 Å². The van der Waals surface area contributed by atoms with Crippen molar-refractivity contribution in [2.24, 2.45) is 0 Å². The summed E-state index contributed by atoms with van der Waals surface area (Å²) in [4.78, 5) is 0. The fourth-order valence-electron chi connectivity index (χ4n) is 1.94. The lowest BCUT2D eigenvalue weighted by Gasteiger charge is -2.26. The third-order valence-electron chi connectivity index (χ3n) is 2.74. The van der Waals surface area contributed by atoms with Crippen LogP contribution in [0.1, 0.15) is 25.7 Å². The third kappa shape index (κ3) is 2.45. The van der Waals surface area contributed by atoms with Crippen molar-refractivity contribution in [3.63, 3.8) is 0 Å². The lowest BCUT2D eigenvalue weighted by atomic mass is 10.1. The Hall–Kier alpha value is -0.160. The van der Waals surface area contributed by atoms with Gasteiger partial charge in [-0.2, -0.15) is 0 Å². The minimum Gasteiger partial charge on any atom is -0.396 e. The summed E-state index contributed by atoms with van der Waals surface area (Å²) in [5.74, 6) is 0. The second-order valence-corrected chi connectivity index (χ2v) is 3.88. The van der Waals surface area contributed by atoms with Crippen molar-refractivity contribution in [3.8, 4) is 0 Å². The first-order chi connectivity index (χ1) is 6.90. The maximum Gasteiger partial charge on any atom is 0.184 e. The maximum atomic E-state index is 8.76. The Bertz CT molecular complexity index is 168. The smallest absolute Gasteiger partial charge is 0.184 e. The average molecular weight is 202 g/mol. The van der Waals surface area contributed by atoms with Crippen molar-refractivity contribution < 1.29 is 19.3 Å². The predicted octanol–water partition coefficient (Wildman–Crippen LogP) is 0.679. The molecule has 0 bridgehead atoms. The fraction of sp³-hybridized carbons (Fsp3) is 1.00. The minimum absolute atomic E-state index is 0.0514. The van der Waals surface area contributed by atoms with Crippen LogP contribution in [0.15, 0.2) is 0 Å². The number of aliphatic hydroxyl groups is 1. The van der Waals surface area contributed by atoms with E-state index in [2.05, 4.69) is 0 Å². The van der Waals surface area contributed by atoms with E-state index in [1.165, 1.54) is 6.42 Å². The third-order valence-corrected chi connectivity index (χ3v) is 2.74. The van der Waals surface area contributed by atoms with Crippen LogP contribution in [0.25, 0.3) is 0 Å². The molecule has 1 N–H and O–H groups in total. The van der Waals surface area contributed by atoms with Gasteiger partial charge in [0.15, 0.2) is 6.29 Å². The van der Waals surface area contributed by atoms with Gasteiger partial charge >= 0.3 is 0 Å². The maximum absolute atomic E-state index is 8.76. The highest BCUT2D eigenvalue weighted by atomic mass is 16.7. The monoisotopic (exact) mass is 202 g/mol. The van der Waals surface area contributed by atoms with Crippen LogP contribution in [0, 0.1) is 0 Å². The molecule has 14 heavy (non-hydrogen) atoms. The molecule has 2 fully saturated rings. The van der Waals surface area contributed by atoms with Gasteiger partial charge in [0, 0.05) is 13.2 Å². The molecule has 0 aromatic heterocycles. The van der Waals surface area contributed by atoms with E-state index < -0.39 is 0 Å². The summed E-state index contributed by atoms with van der Waals surface area (Å²) in [6.07, 6.45) is 3.97. The first-order valence-corrected chi connectivity index (χ1v) is 5.39. The molecule has 3 atom stereocenters. The van der Waals surface area contributed by atoms with E-state index in [1.54, 1.807) is 0 Å². The van der Waals surface area contributed by atoms with Crippen LogP contribution in [-0.4, -0.2) is 43.4 Å².